The molecular weight excluding hydrogens is 268 g/mol. The lowest BCUT2D eigenvalue weighted by Gasteiger charge is -2.36. The Morgan fingerprint density at radius 1 is 1.14 bits per heavy atom. The molecule has 3 N–H and O–H groups in total. The van der Waals surface area contributed by atoms with Gasteiger partial charge in [0.25, 0.3) is 0 Å². The van der Waals surface area contributed by atoms with Gasteiger partial charge in [-0.3, -0.25) is 4.79 Å². The fraction of sp³-hybridized carbons (Fsp3) is 0.500. The third-order valence-corrected chi connectivity index (χ3v) is 3.83. The zero-order chi connectivity index (χ0) is 16.3. The van der Waals surface area contributed by atoms with Gasteiger partial charge in [0.1, 0.15) is 0 Å². The Hall–Kier alpha value is -1.88. The predicted octanol–water partition coefficient (Wildman–Crippen LogP) is 2.57. The van der Waals surface area contributed by atoms with Crippen molar-refractivity contribution in [1.82, 2.24) is 0 Å². The topological polar surface area (TPSA) is 81.4 Å². The van der Waals surface area contributed by atoms with Gasteiger partial charge in [0.2, 0.25) is 5.91 Å². The first-order chi connectivity index (χ1) is 9.59. The zero-order valence-electron chi connectivity index (χ0n) is 13.3. The first-order valence-electron chi connectivity index (χ1n) is 6.97. The average molecular weight is 292 g/mol. The Morgan fingerprint density at radius 2 is 1.67 bits per heavy atom. The van der Waals surface area contributed by atoms with E-state index in [1.807, 2.05) is 13.8 Å². The Bertz CT molecular complexity index is 513. The molecule has 0 aliphatic carbocycles. The number of amides is 1. The highest BCUT2D eigenvalue weighted by Gasteiger charge is 2.40. The molecule has 1 amide bonds. The van der Waals surface area contributed by atoms with Gasteiger partial charge in [0, 0.05) is 11.2 Å². The fourth-order valence-electron chi connectivity index (χ4n) is 1.48. The maximum Gasteiger partial charge on any atom is 0.338 e. The summed E-state index contributed by atoms with van der Waals surface area (Å²) in [6.07, 6.45) is 0. The Kier molecular flexibility index (Phi) is 5.12. The fourth-order valence-corrected chi connectivity index (χ4v) is 1.48. The molecule has 0 fully saturated rings. The monoisotopic (exact) mass is 292 g/mol. The number of hydrogen-bond donors (Lipinski definition) is 2. The van der Waals surface area contributed by atoms with Crippen LogP contribution in [0, 0.1) is 5.41 Å². The van der Waals surface area contributed by atoms with Gasteiger partial charge >= 0.3 is 5.97 Å². The van der Waals surface area contributed by atoms with Crippen LogP contribution in [-0.2, 0) is 9.53 Å². The van der Waals surface area contributed by atoms with Crippen molar-refractivity contribution in [2.45, 2.75) is 40.2 Å². The minimum absolute atomic E-state index is 0.168. The molecule has 1 aromatic rings. The molecule has 0 unspecified atom stereocenters. The quantitative estimate of drug-likeness (QED) is 0.817. The normalized spacial score (nSPS) is 11.9. The molecule has 0 aliphatic heterocycles. The standard InChI is InChI=1S/C16H24N2O3/c1-6-21-13(19)11-7-9-12(10-8-11)18-14(20)15(2,3)16(4,5)17/h7-10H,6,17H2,1-5H3,(H,18,20). The Morgan fingerprint density at radius 3 is 2.10 bits per heavy atom. The van der Waals surface area contributed by atoms with Crippen LogP contribution in [0.25, 0.3) is 0 Å². The summed E-state index contributed by atoms with van der Waals surface area (Å²) in [5, 5.41) is 2.82. The summed E-state index contributed by atoms with van der Waals surface area (Å²) in [4.78, 5) is 23.9. The van der Waals surface area contributed by atoms with E-state index in [0.29, 0.717) is 17.9 Å². The lowest BCUT2D eigenvalue weighted by Crippen LogP contribution is -2.53. The number of hydrogen-bond acceptors (Lipinski definition) is 4. The van der Waals surface area contributed by atoms with Gasteiger partial charge in [0.15, 0.2) is 0 Å². The number of nitrogens with one attached hydrogen (secondary N) is 1. The largest absolute Gasteiger partial charge is 0.462 e. The molecule has 5 nitrogen and oxygen atoms in total. The van der Waals surface area contributed by atoms with E-state index in [2.05, 4.69) is 5.32 Å². The van der Waals surface area contributed by atoms with E-state index in [1.54, 1.807) is 45.0 Å². The third-order valence-electron chi connectivity index (χ3n) is 3.83. The Balaban J connectivity index is 2.81. The van der Waals surface area contributed by atoms with Crippen molar-refractivity contribution in [2.75, 3.05) is 11.9 Å². The lowest BCUT2D eigenvalue weighted by molar-refractivity contribution is -0.126. The molecule has 0 aliphatic rings. The number of carbonyl (C=O) groups excluding carboxylic acids is 2. The summed E-state index contributed by atoms with van der Waals surface area (Å²) < 4.78 is 4.91. The van der Waals surface area contributed by atoms with Crippen molar-refractivity contribution in [2.24, 2.45) is 11.1 Å². The molecular formula is C16H24N2O3. The maximum absolute atomic E-state index is 12.3. The highest BCUT2D eigenvalue weighted by molar-refractivity contribution is 5.96. The number of carbonyl (C=O) groups is 2. The van der Waals surface area contributed by atoms with E-state index in [0.717, 1.165) is 0 Å². The van der Waals surface area contributed by atoms with Gasteiger partial charge < -0.3 is 15.8 Å². The zero-order valence-corrected chi connectivity index (χ0v) is 13.3. The first-order valence-corrected chi connectivity index (χ1v) is 6.97. The van der Waals surface area contributed by atoms with Crippen LogP contribution >= 0.6 is 0 Å². The number of esters is 1. The predicted molar refractivity (Wildman–Crippen MR) is 83.1 cm³/mol. The second-order valence-corrected chi connectivity index (χ2v) is 6.10. The van der Waals surface area contributed by atoms with Crippen molar-refractivity contribution in [1.29, 1.82) is 0 Å². The summed E-state index contributed by atoms with van der Waals surface area (Å²) in [7, 11) is 0. The molecule has 0 saturated heterocycles. The van der Waals surface area contributed by atoms with Crippen LogP contribution < -0.4 is 11.1 Å². The highest BCUT2D eigenvalue weighted by Crippen LogP contribution is 2.29. The van der Waals surface area contributed by atoms with E-state index in [4.69, 9.17) is 10.5 Å². The van der Waals surface area contributed by atoms with Crippen LogP contribution in [0.15, 0.2) is 24.3 Å². The Labute approximate surface area is 125 Å². The van der Waals surface area contributed by atoms with Gasteiger partial charge in [-0.2, -0.15) is 0 Å². The maximum atomic E-state index is 12.3. The number of nitrogens with two attached hydrogens (primary N) is 1. The lowest BCUT2D eigenvalue weighted by atomic mass is 9.74. The molecule has 0 atom stereocenters. The first kappa shape index (κ1) is 17.2. The van der Waals surface area contributed by atoms with Crippen molar-refractivity contribution >= 4 is 17.6 Å². The van der Waals surface area contributed by atoms with Crippen LogP contribution in [0.4, 0.5) is 5.69 Å². The van der Waals surface area contributed by atoms with Gasteiger partial charge in [0.05, 0.1) is 17.6 Å². The molecule has 0 radical (unpaired) electrons. The molecule has 0 aromatic heterocycles. The number of benzene rings is 1. The summed E-state index contributed by atoms with van der Waals surface area (Å²) in [5.74, 6) is -0.544. The summed E-state index contributed by atoms with van der Waals surface area (Å²) in [6, 6.07) is 6.58. The smallest absolute Gasteiger partial charge is 0.338 e. The van der Waals surface area contributed by atoms with E-state index in [1.165, 1.54) is 0 Å². The molecule has 0 bridgehead atoms. The van der Waals surface area contributed by atoms with Crippen molar-refractivity contribution < 1.29 is 14.3 Å². The van der Waals surface area contributed by atoms with Crippen molar-refractivity contribution in [3.63, 3.8) is 0 Å². The molecule has 0 spiro atoms. The molecule has 1 aromatic carbocycles. The molecule has 116 valence electrons. The average Bonchev–Trinajstić information content (AvgIpc) is 2.38. The summed E-state index contributed by atoms with van der Waals surface area (Å²) in [5.41, 5.74) is 5.73. The minimum Gasteiger partial charge on any atom is -0.462 e. The van der Waals surface area contributed by atoms with E-state index in [-0.39, 0.29) is 11.9 Å². The van der Waals surface area contributed by atoms with E-state index in [9.17, 15) is 9.59 Å². The molecule has 0 heterocycles. The van der Waals surface area contributed by atoms with Crippen LogP contribution in [0.1, 0.15) is 45.0 Å². The third kappa shape index (κ3) is 4.04. The molecule has 21 heavy (non-hydrogen) atoms. The second-order valence-electron chi connectivity index (χ2n) is 6.10. The second kappa shape index (κ2) is 6.26. The van der Waals surface area contributed by atoms with Gasteiger partial charge in [-0.1, -0.05) is 0 Å². The van der Waals surface area contributed by atoms with E-state index >= 15 is 0 Å². The van der Waals surface area contributed by atoms with Gasteiger partial charge in [-0.15, -0.1) is 0 Å². The molecule has 0 saturated carbocycles. The van der Waals surface area contributed by atoms with Crippen molar-refractivity contribution in [3.8, 4) is 0 Å². The van der Waals surface area contributed by atoms with Crippen LogP contribution in [0.2, 0.25) is 0 Å². The van der Waals surface area contributed by atoms with E-state index < -0.39 is 11.0 Å². The number of ether oxygens (including phenoxy) is 1. The highest BCUT2D eigenvalue weighted by atomic mass is 16.5. The molecule has 1 rings (SSSR count). The molecule has 5 heteroatoms. The SMILES string of the molecule is CCOC(=O)c1ccc(NC(=O)C(C)(C)C(C)(C)N)cc1. The van der Waals surface area contributed by atoms with Crippen LogP contribution in [0.3, 0.4) is 0 Å². The van der Waals surface area contributed by atoms with Gasteiger partial charge in [-0.05, 0) is 58.9 Å². The summed E-state index contributed by atoms with van der Waals surface area (Å²) in [6.45, 7) is 9.32. The number of anilines is 1. The van der Waals surface area contributed by atoms with Crippen LogP contribution in [0.5, 0.6) is 0 Å². The minimum atomic E-state index is -0.729. The number of rotatable bonds is 5. The van der Waals surface area contributed by atoms with Crippen LogP contribution in [-0.4, -0.2) is 24.0 Å². The van der Waals surface area contributed by atoms with Crippen molar-refractivity contribution in [3.05, 3.63) is 29.8 Å². The summed E-state index contributed by atoms with van der Waals surface area (Å²) >= 11 is 0. The van der Waals surface area contributed by atoms with Gasteiger partial charge in [-0.25, -0.2) is 4.79 Å².